The molecule has 0 aliphatic rings. The molecule has 2 unspecified atom stereocenters. The smallest absolute Gasteiger partial charge is 0.463 e. The van der Waals surface area contributed by atoms with Crippen molar-refractivity contribution >= 4 is 19.7 Å². The lowest BCUT2D eigenvalue weighted by Crippen LogP contribution is -2.27. The molecule has 3 N–H and O–H groups in total. The monoisotopic (exact) mass is 852 g/mol. The number of amides is 1. The van der Waals surface area contributed by atoms with Gasteiger partial charge in [-0.1, -0.05) is 184 Å². The molecule has 0 spiro atoms. The molecule has 0 aromatic carbocycles. The molecule has 0 saturated heterocycles. The molecule has 10 heteroatoms. The highest BCUT2D eigenvalue weighted by molar-refractivity contribution is 7.47. The highest BCUT2D eigenvalue weighted by atomic mass is 31.2. The Morgan fingerprint density at radius 2 is 0.966 bits per heavy atom. The van der Waals surface area contributed by atoms with Crippen molar-refractivity contribution in [3.8, 4) is 0 Å². The standard InChI is InChI=1S/C49H90NO8P/c1-3-5-7-9-11-13-15-17-19-20-21-22-23-24-25-26-28-30-32-34-36-38-40-42-49(53)56-45-47(51)46-58-59(54,55)57-44-43-50-48(52)41-39-37-35-33-31-29-27-18-16-14-12-10-8-6-4-2/h6,8,12,14,17-19,27,47,51H,3-5,7,9-11,13,15-16,20-26,28-46H2,1-2H3,(H,50,52)(H,54,55)/b8-6-,14-12-,19-17+,27-18-. The molecule has 0 bridgehead atoms. The van der Waals surface area contributed by atoms with Gasteiger partial charge in [-0.15, -0.1) is 0 Å². The first-order chi connectivity index (χ1) is 28.8. The molecule has 0 aromatic heterocycles. The summed E-state index contributed by atoms with van der Waals surface area (Å²) in [5, 5.41) is 12.7. The second-order valence-electron chi connectivity index (χ2n) is 16.0. The molecular formula is C49H90NO8P. The third-order valence-electron chi connectivity index (χ3n) is 10.2. The van der Waals surface area contributed by atoms with Gasteiger partial charge in [0, 0.05) is 19.4 Å². The number of carbonyl (C=O) groups excluding carboxylic acids is 2. The Morgan fingerprint density at radius 3 is 1.47 bits per heavy atom. The van der Waals surface area contributed by atoms with Crippen LogP contribution < -0.4 is 5.32 Å². The van der Waals surface area contributed by atoms with Crippen LogP contribution in [0.5, 0.6) is 0 Å². The zero-order chi connectivity index (χ0) is 43.2. The van der Waals surface area contributed by atoms with Gasteiger partial charge in [0.05, 0.1) is 13.2 Å². The minimum atomic E-state index is -4.42. The Labute approximate surface area is 362 Å². The van der Waals surface area contributed by atoms with E-state index in [1.807, 2.05) is 0 Å². The first-order valence-electron chi connectivity index (χ1n) is 24.1. The van der Waals surface area contributed by atoms with Gasteiger partial charge in [0.2, 0.25) is 5.91 Å². The predicted molar refractivity (Wildman–Crippen MR) is 247 cm³/mol. The van der Waals surface area contributed by atoms with Crippen LogP contribution in [0.2, 0.25) is 0 Å². The van der Waals surface area contributed by atoms with Crippen LogP contribution >= 0.6 is 7.82 Å². The molecule has 344 valence electrons. The number of esters is 1. The highest BCUT2D eigenvalue weighted by Crippen LogP contribution is 2.42. The fraction of sp³-hybridized carbons (Fsp3) is 0.796. The largest absolute Gasteiger partial charge is 0.472 e. The Kier molecular flexibility index (Phi) is 43.9. The molecule has 2 atom stereocenters. The van der Waals surface area contributed by atoms with Crippen molar-refractivity contribution < 1.29 is 37.9 Å². The number of aliphatic hydroxyl groups is 1. The summed E-state index contributed by atoms with van der Waals surface area (Å²) in [6, 6.07) is 0. The summed E-state index contributed by atoms with van der Waals surface area (Å²) in [6.45, 7) is 3.43. The maximum absolute atomic E-state index is 12.1. The number of phosphoric acid groups is 1. The van der Waals surface area contributed by atoms with Gasteiger partial charge in [-0.05, 0) is 70.6 Å². The number of carbonyl (C=O) groups is 2. The van der Waals surface area contributed by atoms with E-state index in [4.69, 9.17) is 13.8 Å². The molecule has 0 aromatic rings. The van der Waals surface area contributed by atoms with Gasteiger partial charge in [-0.25, -0.2) is 4.57 Å². The SMILES string of the molecule is CC/C=C\C/C=C\C/C=C\CCCCCCCC(=O)NCCOP(=O)(O)OCC(O)COC(=O)CCCCCCCCCCCCCCC/C=C/CCCCCCCC. The fourth-order valence-electron chi connectivity index (χ4n) is 6.63. The van der Waals surface area contributed by atoms with Gasteiger partial charge in [0.25, 0.3) is 0 Å². The molecule has 59 heavy (non-hydrogen) atoms. The lowest BCUT2D eigenvalue weighted by Gasteiger charge is -2.15. The molecule has 0 saturated carbocycles. The number of hydrogen-bond donors (Lipinski definition) is 3. The van der Waals surface area contributed by atoms with Crippen molar-refractivity contribution in [2.45, 2.75) is 225 Å². The highest BCUT2D eigenvalue weighted by Gasteiger charge is 2.23. The summed E-state index contributed by atoms with van der Waals surface area (Å²) >= 11 is 0. The number of nitrogens with one attached hydrogen (secondary N) is 1. The van der Waals surface area contributed by atoms with Crippen LogP contribution in [0, 0.1) is 0 Å². The minimum absolute atomic E-state index is 0.0715. The van der Waals surface area contributed by atoms with E-state index in [0.717, 1.165) is 77.0 Å². The topological polar surface area (TPSA) is 131 Å². The number of hydrogen-bond acceptors (Lipinski definition) is 7. The van der Waals surface area contributed by atoms with Gasteiger partial charge in [-0.3, -0.25) is 18.6 Å². The normalized spacial score (nSPS) is 13.6. The van der Waals surface area contributed by atoms with Crippen molar-refractivity contribution in [3.05, 3.63) is 48.6 Å². The van der Waals surface area contributed by atoms with Gasteiger partial charge < -0.3 is 20.1 Å². The maximum atomic E-state index is 12.1. The second-order valence-corrected chi connectivity index (χ2v) is 17.5. The summed E-state index contributed by atoms with van der Waals surface area (Å²) in [7, 11) is -4.42. The van der Waals surface area contributed by atoms with E-state index < -0.39 is 26.5 Å². The molecule has 0 rings (SSSR count). The maximum Gasteiger partial charge on any atom is 0.472 e. The van der Waals surface area contributed by atoms with Crippen LogP contribution in [0.3, 0.4) is 0 Å². The van der Waals surface area contributed by atoms with Crippen LogP contribution in [-0.2, 0) is 27.9 Å². The minimum Gasteiger partial charge on any atom is -0.463 e. The summed E-state index contributed by atoms with van der Waals surface area (Å²) in [5.74, 6) is -0.531. The van der Waals surface area contributed by atoms with Gasteiger partial charge in [0.1, 0.15) is 12.7 Å². The van der Waals surface area contributed by atoms with Crippen LogP contribution in [0.25, 0.3) is 0 Å². The van der Waals surface area contributed by atoms with E-state index in [2.05, 4.69) is 67.8 Å². The average Bonchev–Trinajstić information content (AvgIpc) is 3.22. The van der Waals surface area contributed by atoms with Crippen molar-refractivity contribution in [2.75, 3.05) is 26.4 Å². The number of phosphoric ester groups is 1. The van der Waals surface area contributed by atoms with Crippen molar-refractivity contribution in [1.82, 2.24) is 5.32 Å². The molecule has 0 fully saturated rings. The molecule has 1 amide bonds. The molecular weight excluding hydrogens is 762 g/mol. The van der Waals surface area contributed by atoms with E-state index in [1.54, 1.807) is 0 Å². The van der Waals surface area contributed by atoms with Gasteiger partial charge in [-0.2, -0.15) is 0 Å². The Hall–Kier alpha value is -2.03. The molecule has 0 radical (unpaired) electrons. The summed E-state index contributed by atoms with van der Waals surface area (Å²) < 4.78 is 26.9. The lowest BCUT2D eigenvalue weighted by atomic mass is 10.0. The zero-order valence-corrected chi connectivity index (χ0v) is 38.8. The molecule has 9 nitrogen and oxygen atoms in total. The van der Waals surface area contributed by atoms with Crippen LogP contribution in [-0.4, -0.2) is 54.3 Å². The first kappa shape index (κ1) is 57.0. The molecule has 0 aliphatic heterocycles. The van der Waals surface area contributed by atoms with Gasteiger partial charge >= 0.3 is 13.8 Å². The van der Waals surface area contributed by atoms with Crippen molar-refractivity contribution in [1.29, 1.82) is 0 Å². The average molecular weight is 852 g/mol. The van der Waals surface area contributed by atoms with Crippen LogP contribution in [0.15, 0.2) is 48.6 Å². The Bertz CT molecular complexity index is 1110. The number of rotatable bonds is 45. The third-order valence-corrected chi connectivity index (χ3v) is 11.2. The first-order valence-corrected chi connectivity index (χ1v) is 25.6. The number of ether oxygens (including phenoxy) is 1. The van der Waals surface area contributed by atoms with E-state index in [0.29, 0.717) is 6.42 Å². The van der Waals surface area contributed by atoms with Crippen LogP contribution in [0.1, 0.15) is 219 Å². The number of allylic oxidation sites excluding steroid dienone is 8. The Balaban J connectivity index is 3.56. The molecule has 0 heterocycles. The van der Waals surface area contributed by atoms with Crippen molar-refractivity contribution in [3.63, 3.8) is 0 Å². The quantitative estimate of drug-likeness (QED) is 0.0239. The Morgan fingerprint density at radius 1 is 0.542 bits per heavy atom. The number of aliphatic hydroxyl groups excluding tert-OH is 1. The van der Waals surface area contributed by atoms with E-state index in [1.165, 1.54) is 116 Å². The predicted octanol–water partition coefficient (Wildman–Crippen LogP) is 13.9. The van der Waals surface area contributed by atoms with E-state index in [-0.39, 0.29) is 32.1 Å². The summed E-state index contributed by atoms with van der Waals surface area (Å²) in [6.07, 6.45) is 53.4. The van der Waals surface area contributed by atoms with Gasteiger partial charge in [0.15, 0.2) is 0 Å². The molecule has 0 aliphatic carbocycles. The lowest BCUT2D eigenvalue weighted by molar-refractivity contribution is -0.147. The van der Waals surface area contributed by atoms with E-state index >= 15 is 0 Å². The zero-order valence-electron chi connectivity index (χ0n) is 37.9. The van der Waals surface area contributed by atoms with E-state index in [9.17, 15) is 24.2 Å². The third kappa shape index (κ3) is 46.9. The summed E-state index contributed by atoms with van der Waals surface area (Å²) in [5.41, 5.74) is 0. The van der Waals surface area contributed by atoms with Crippen molar-refractivity contribution in [2.24, 2.45) is 0 Å². The van der Waals surface area contributed by atoms with Crippen LogP contribution in [0.4, 0.5) is 0 Å². The second kappa shape index (κ2) is 45.5. The summed E-state index contributed by atoms with van der Waals surface area (Å²) in [4.78, 5) is 34.0. The fourth-order valence-corrected chi connectivity index (χ4v) is 7.38. The number of unbranched alkanes of at least 4 members (excludes halogenated alkanes) is 24.